The van der Waals surface area contributed by atoms with E-state index in [9.17, 15) is 0 Å². The Labute approximate surface area is 91.8 Å². The number of ether oxygens (including phenoxy) is 1. The van der Waals surface area contributed by atoms with Crippen molar-refractivity contribution in [2.24, 2.45) is 0 Å². The molecule has 0 fully saturated rings. The molecule has 15 heavy (non-hydrogen) atoms. The highest BCUT2D eigenvalue weighted by molar-refractivity contribution is 5.50. The van der Waals surface area contributed by atoms with Crippen LogP contribution in [0.15, 0.2) is 18.2 Å². The van der Waals surface area contributed by atoms with Gasteiger partial charge in [-0.1, -0.05) is 6.07 Å². The number of hydrogen-bond donors (Lipinski definition) is 1. The van der Waals surface area contributed by atoms with Gasteiger partial charge >= 0.3 is 0 Å². The zero-order valence-electron chi connectivity index (χ0n) is 9.79. The first-order valence-corrected chi connectivity index (χ1v) is 5.23. The minimum atomic E-state index is 0.737. The molecule has 0 aliphatic rings. The van der Waals surface area contributed by atoms with Gasteiger partial charge in [0.2, 0.25) is 0 Å². The summed E-state index contributed by atoms with van der Waals surface area (Å²) in [5, 5.41) is 0. The number of anilines is 1. The molecule has 0 aliphatic carbocycles. The highest BCUT2D eigenvalue weighted by Gasteiger charge is 1.97. The second-order valence-electron chi connectivity index (χ2n) is 4.02. The summed E-state index contributed by atoms with van der Waals surface area (Å²) in [5.41, 5.74) is 7.67. The summed E-state index contributed by atoms with van der Waals surface area (Å²) in [6, 6.07) is 5.82. The molecule has 3 heteroatoms. The number of rotatable bonds is 5. The summed E-state index contributed by atoms with van der Waals surface area (Å²) in [6.07, 6.45) is 1.03. The van der Waals surface area contributed by atoms with Crippen LogP contribution in [0.1, 0.15) is 12.0 Å². The van der Waals surface area contributed by atoms with Gasteiger partial charge in [-0.05, 0) is 39.1 Å². The molecule has 0 radical (unpaired) electrons. The zero-order chi connectivity index (χ0) is 11.3. The van der Waals surface area contributed by atoms with Crippen LogP contribution in [0.3, 0.4) is 0 Å². The molecule has 2 N–H and O–H groups in total. The fourth-order valence-corrected chi connectivity index (χ4v) is 1.28. The largest absolute Gasteiger partial charge is 0.493 e. The van der Waals surface area contributed by atoms with Crippen LogP contribution in [0.2, 0.25) is 0 Å². The van der Waals surface area contributed by atoms with Crippen LogP contribution in [0, 0.1) is 6.92 Å². The number of aryl methyl sites for hydroxylation is 1. The normalized spacial score (nSPS) is 10.7. The van der Waals surface area contributed by atoms with Gasteiger partial charge in [0.05, 0.1) is 6.61 Å². The van der Waals surface area contributed by atoms with Gasteiger partial charge in [-0.25, -0.2) is 0 Å². The lowest BCUT2D eigenvalue weighted by Gasteiger charge is -2.11. The molecule has 84 valence electrons. The van der Waals surface area contributed by atoms with Gasteiger partial charge in [0.15, 0.2) is 0 Å². The molecule has 0 saturated carbocycles. The summed E-state index contributed by atoms with van der Waals surface area (Å²) >= 11 is 0. The van der Waals surface area contributed by atoms with Crippen LogP contribution in [0.25, 0.3) is 0 Å². The molecule has 1 rings (SSSR count). The van der Waals surface area contributed by atoms with Crippen LogP contribution >= 0.6 is 0 Å². The third kappa shape index (κ3) is 4.21. The van der Waals surface area contributed by atoms with Crippen molar-refractivity contribution in [2.75, 3.05) is 33.0 Å². The molecule has 0 amide bonds. The van der Waals surface area contributed by atoms with E-state index < -0.39 is 0 Å². The molecule has 3 nitrogen and oxygen atoms in total. The Hall–Kier alpha value is -1.22. The maximum atomic E-state index is 5.78. The SMILES string of the molecule is Cc1ccc(OCCCN(C)C)cc1N. The predicted molar refractivity (Wildman–Crippen MR) is 64.3 cm³/mol. The number of benzene rings is 1. The first-order chi connectivity index (χ1) is 7.09. The minimum Gasteiger partial charge on any atom is -0.493 e. The topological polar surface area (TPSA) is 38.5 Å². The molecule has 0 atom stereocenters. The summed E-state index contributed by atoms with van der Waals surface area (Å²) in [5.74, 6) is 0.858. The van der Waals surface area contributed by atoms with Crippen molar-refractivity contribution >= 4 is 5.69 Å². The Balaban J connectivity index is 2.35. The van der Waals surface area contributed by atoms with Crippen LogP contribution in [0.4, 0.5) is 5.69 Å². The Morgan fingerprint density at radius 2 is 2.07 bits per heavy atom. The number of hydrogen-bond acceptors (Lipinski definition) is 3. The van der Waals surface area contributed by atoms with Gasteiger partial charge in [0, 0.05) is 18.3 Å². The molecule has 1 aromatic rings. The van der Waals surface area contributed by atoms with Crippen molar-refractivity contribution in [3.8, 4) is 5.75 Å². The van der Waals surface area contributed by atoms with E-state index in [2.05, 4.69) is 19.0 Å². The number of nitrogens with two attached hydrogens (primary N) is 1. The predicted octanol–water partition coefficient (Wildman–Crippen LogP) is 1.91. The van der Waals surface area contributed by atoms with Crippen molar-refractivity contribution in [1.29, 1.82) is 0 Å². The third-order valence-corrected chi connectivity index (χ3v) is 2.27. The first kappa shape index (κ1) is 11.9. The standard InChI is InChI=1S/C12H20N2O/c1-10-5-6-11(9-12(10)13)15-8-4-7-14(2)3/h5-6,9H,4,7-8,13H2,1-3H3. The van der Waals surface area contributed by atoms with Gasteiger partial charge < -0.3 is 15.4 Å². The summed E-state index contributed by atoms with van der Waals surface area (Å²) < 4.78 is 5.59. The van der Waals surface area contributed by atoms with E-state index in [1.807, 2.05) is 25.1 Å². The molecule has 0 unspecified atom stereocenters. The van der Waals surface area contributed by atoms with E-state index >= 15 is 0 Å². The fourth-order valence-electron chi connectivity index (χ4n) is 1.28. The molecular formula is C12H20N2O. The van der Waals surface area contributed by atoms with E-state index in [1.165, 1.54) is 0 Å². The molecule has 0 spiro atoms. The third-order valence-electron chi connectivity index (χ3n) is 2.27. The Kier molecular flexibility index (Phi) is 4.43. The highest BCUT2D eigenvalue weighted by atomic mass is 16.5. The molecule has 0 aromatic heterocycles. The summed E-state index contributed by atoms with van der Waals surface area (Å²) in [6.45, 7) is 3.77. The van der Waals surface area contributed by atoms with E-state index in [0.717, 1.165) is 36.6 Å². The molecule has 1 aromatic carbocycles. The Morgan fingerprint density at radius 3 is 2.67 bits per heavy atom. The van der Waals surface area contributed by atoms with Gasteiger partial charge in [-0.3, -0.25) is 0 Å². The highest BCUT2D eigenvalue weighted by Crippen LogP contribution is 2.18. The van der Waals surface area contributed by atoms with Crippen LogP contribution < -0.4 is 10.5 Å². The van der Waals surface area contributed by atoms with E-state index in [1.54, 1.807) is 0 Å². The lowest BCUT2D eigenvalue weighted by molar-refractivity contribution is 0.281. The monoisotopic (exact) mass is 208 g/mol. The smallest absolute Gasteiger partial charge is 0.121 e. The number of nitrogens with zero attached hydrogens (tertiary/aromatic N) is 1. The molecule has 0 aliphatic heterocycles. The average Bonchev–Trinajstić information content (AvgIpc) is 2.18. The van der Waals surface area contributed by atoms with Crippen LogP contribution in [-0.4, -0.2) is 32.1 Å². The van der Waals surface area contributed by atoms with E-state index in [-0.39, 0.29) is 0 Å². The quantitative estimate of drug-likeness (QED) is 0.593. The molecular weight excluding hydrogens is 188 g/mol. The van der Waals surface area contributed by atoms with E-state index in [0.29, 0.717) is 0 Å². The van der Waals surface area contributed by atoms with Crippen LogP contribution in [0.5, 0.6) is 5.75 Å². The van der Waals surface area contributed by atoms with Crippen molar-refractivity contribution in [2.45, 2.75) is 13.3 Å². The van der Waals surface area contributed by atoms with Gasteiger partial charge in [-0.15, -0.1) is 0 Å². The lowest BCUT2D eigenvalue weighted by Crippen LogP contribution is -2.15. The molecule has 0 saturated heterocycles. The maximum Gasteiger partial charge on any atom is 0.121 e. The van der Waals surface area contributed by atoms with E-state index in [4.69, 9.17) is 10.5 Å². The lowest BCUT2D eigenvalue weighted by atomic mass is 10.2. The van der Waals surface area contributed by atoms with Crippen molar-refractivity contribution in [3.05, 3.63) is 23.8 Å². The Morgan fingerprint density at radius 1 is 1.33 bits per heavy atom. The second kappa shape index (κ2) is 5.61. The number of nitrogen functional groups attached to an aromatic ring is 1. The van der Waals surface area contributed by atoms with Crippen molar-refractivity contribution in [1.82, 2.24) is 4.90 Å². The first-order valence-electron chi connectivity index (χ1n) is 5.23. The molecule has 0 bridgehead atoms. The van der Waals surface area contributed by atoms with Crippen molar-refractivity contribution in [3.63, 3.8) is 0 Å². The van der Waals surface area contributed by atoms with Gasteiger partial charge in [-0.2, -0.15) is 0 Å². The average molecular weight is 208 g/mol. The molecule has 0 heterocycles. The van der Waals surface area contributed by atoms with Gasteiger partial charge in [0.25, 0.3) is 0 Å². The van der Waals surface area contributed by atoms with Gasteiger partial charge in [0.1, 0.15) is 5.75 Å². The van der Waals surface area contributed by atoms with Crippen molar-refractivity contribution < 1.29 is 4.74 Å². The van der Waals surface area contributed by atoms with Crippen LogP contribution in [-0.2, 0) is 0 Å². The Bertz CT molecular complexity index is 310. The zero-order valence-corrected chi connectivity index (χ0v) is 9.79. The second-order valence-corrected chi connectivity index (χ2v) is 4.02. The fraction of sp³-hybridized carbons (Fsp3) is 0.500. The minimum absolute atomic E-state index is 0.737. The summed E-state index contributed by atoms with van der Waals surface area (Å²) in [7, 11) is 4.12. The summed E-state index contributed by atoms with van der Waals surface area (Å²) in [4.78, 5) is 2.15. The maximum absolute atomic E-state index is 5.78.